The van der Waals surface area contributed by atoms with Gasteiger partial charge in [0.2, 0.25) is 0 Å². The first-order valence-electron chi connectivity index (χ1n) is 10.1. The van der Waals surface area contributed by atoms with Gasteiger partial charge in [-0.05, 0) is 19.9 Å². The third kappa shape index (κ3) is 3.05. The normalized spacial score (nSPS) is 20.3. The Hall–Kier alpha value is -3.23. The molecule has 1 aromatic heterocycles. The second kappa shape index (κ2) is 7.55. The average Bonchev–Trinajstić information content (AvgIpc) is 3.43. The maximum atomic E-state index is 13.3. The highest BCUT2D eigenvalue weighted by Gasteiger charge is 2.49. The largest absolute Gasteiger partial charge is 0.496 e. The first-order valence-corrected chi connectivity index (χ1v) is 10.1. The molecule has 0 saturated carbocycles. The minimum Gasteiger partial charge on any atom is -0.496 e. The molecule has 1 saturated heterocycles. The number of amides is 3. The highest BCUT2D eigenvalue weighted by atomic mass is 16.5. The number of ether oxygens (including phenoxy) is 1. The van der Waals surface area contributed by atoms with Crippen molar-refractivity contribution in [2.75, 3.05) is 45.7 Å². The minimum absolute atomic E-state index is 0.00330. The topological polar surface area (TPSA) is 91.1 Å². The first-order chi connectivity index (χ1) is 14.4. The zero-order valence-corrected chi connectivity index (χ0v) is 17.8. The molecule has 1 aromatic carbocycles. The van der Waals surface area contributed by atoms with Crippen LogP contribution in [0.2, 0.25) is 0 Å². The molecule has 1 atom stereocenters. The highest BCUT2D eigenvalue weighted by Crippen LogP contribution is 2.41. The fraction of sp³-hybridized carbons (Fsp3) is 0.476. The van der Waals surface area contributed by atoms with Crippen molar-refractivity contribution in [1.82, 2.24) is 19.7 Å². The summed E-state index contributed by atoms with van der Waals surface area (Å²) in [6.07, 6.45) is 3.58. The molecule has 160 valence electrons. The van der Waals surface area contributed by atoms with Crippen LogP contribution >= 0.6 is 0 Å². The second-order valence-electron chi connectivity index (χ2n) is 7.61. The quantitative estimate of drug-likeness (QED) is 0.829. The summed E-state index contributed by atoms with van der Waals surface area (Å²) in [6.45, 7) is 6.27. The molecule has 0 radical (unpaired) electrons. The van der Waals surface area contributed by atoms with E-state index in [1.807, 2.05) is 24.8 Å². The van der Waals surface area contributed by atoms with Crippen LogP contribution < -0.4 is 10.1 Å². The lowest BCUT2D eigenvalue weighted by atomic mass is 9.96. The summed E-state index contributed by atoms with van der Waals surface area (Å²) in [4.78, 5) is 35.4. The van der Waals surface area contributed by atoms with Crippen molar-refractivity contribution in [3.63, 3.8) is 0 Å². The Labute approximate surface area is 175 Å². The third-order valence-corrected chi connectivity index (χ3v) is 6.13. The number of hydrogen-bond donors (Lipinski definition) is 1. The molecule has 9 nitrogen and oxygen atoms in total. The Balaban J connectivity index is 1.67. The lowest BCUT2D eigenvalue weighted by molar-refractivity contribution is 0.0602. The van der Waals surface area contributed by atoms with Crippen molar-refractivity contribution in [2.24, 2.45) is 0 Å². The second-order valence-corrected chi connectivity index (χ2v) is 7.61. The fourth-order valence-electron chi connectivity index (χ4n) is 4.31. The molecular formula is C21H27N5O4. The van der Waals surface area contributed by atoms with Gasteiger partial charge in [-0.2, -0.15) is 0 Å². The smallest absolute Gasteiger partial charge is 0.320 e. The summed E-state index contributed by atoms with van der Waals surface area (Å²) in [5, 5.41) is 3.53. The van der Waals surface area contributed by atoms with Gasteiger partial charge in [-0.25, -0.2) is 9.78 Å². The summed E-state index contributed by atoms with van der Waals surface area (Å²) in [7, 11) is 3.36. The predicted molar refractivity (Wildman–Crippen MR) is 111 cm³/mol. The van der Waals surface area contributed by atoms with E-state index >= 15 is 0 Å². The van der Waals surface area contributed by atoms with Gasteiger partial charge in [0.05, 0.1) is 36.7 Å². The number of methoxy groups -OCH3 is 1. The van der Waals surface area contributed by atoms with Gasteiger partial charge in [0.25, 0.3) is 5.91 Å². The van der Waals surface area contributed by atoms with E-state index in [1.165, 1.54) is 6.39 Å². The van der Waals surface area contributed by atoms with Gasteiger partial charge in [0.1, 0.15) is 11.4 Å². The molecule has 4 rings (SSSR count). The van der Waals surface area contributed by atoms with Crippen molar-refractivity contribution in [3.05, 3.63) is 30.3 Å². The monoisotopic (exact) mass is 413 g/mol. The fourth-order valence-corrected chi connectivity index (χ4v) is 4.31. The van der Waals surface area contributed by atoms with Gasteiger partial charge in [-0.3, -0.25) is 4.79 Å². The Morgan fingerprint density at radius 3 is 2.73 bits per heavy atom. The number of likely N-dealkylation sites (N-methyl/N-ethyl adjacent to an activating group) is 1. The minimum atomic E-state index is -0.647. The molecule has 2 aliphatic rings. The Morgan fingerprint density at radius 1 is 1.33 bits per heavy atom. The number of anilines is 1. The van der Waals surface area contributed by atoms with Gasteiger partial charge in [-0.1, -0.05) is 0 Å². The number of benzene rings is 1. The van der Waals surface area contributed by atoms with Crippen LogP contribution in [0.3, 0.4) is 0 Å². The molecule has 3 amide bonds. The number of fused-ring (bicyclic) bond motifs is 1. The molecule has 2 aliphatic heterocycles. The molecule has 1 fully saturated rings. The third-order valence-electron chi connectivity index (χ3n) is 6.13. The Kier molecular flexibility index (Phi) is 5.05. The Morgan fingerprint density at radius 2 is 2.10 bits per heavy atom. The van der Waals surface area contributed by atoms with Crippen molar-refractivity contribution in [2.45, 2.75) is 25.9 Å². The van der Waals surface area contributed by atoms with Crippen LogP contribution in [0.25, 0.3) is 11.3 Å². The van der Waals surface area contributed by atoms with E-state index in [-0.39, 0.29) is 11.9 Å². The zero-order valence-electron chi connectivity index (χ0n) is 17.8. The molecule has 1 unspecified atom stereocenters. The molecule has 0 aliphatic carbocycles. The number of carbonyl (C=O) groups excluding carboxylic acids is 2. The number of urea groups is 1. The molecular weight excluding hydrogens is 386 g/mol. The molecule has 2 aromatic rings. The van der Waals surface area contributed by atoms with Gasteiger partial charge >= 0.3 is 6.03 Å². The molecule has 1 N–H and O–H groups in total. The van der Waals surface area contributed by atoms with Gasteiger partial charge in [0.15, 0.2) is 12.2 Å². The van der Waals surface area contributed by atoms with Crippen LogP contribution in [-0.4, -0.2) is 77.6 Å². The maximum Gasteiger partial charge on any atom is 0.320 e. The summed E-state index contributed by atoms with van der Waals surface area (Å²) >= 11 is 0. The summed E-state index contributed by atoms with van der Waals surface area (Å²) in [5.74, 6) is 1.01. The lowest BCUT2D eigenvalue weighted by Crippen LogP contribution is -2.60. The van der Waals surface area contributed by atoms with Crippen LogP contribution in [0.4, 0.5) is 10.5 Å². The average molecular weight is 413 g/mol. The van der Waals surface area contributed by atoms with E-state index in [0.717, 1.165) is 0 Å². The van der Waals surface area contributed by atoms with E-state index in [0.29, 0.717) is 60.9 Å². The first kappa shape index (κ1) is 20.1. The van der Waals surface area contributed by atoms with Gasteiger partial charge in [0, 0.05) is 39.2 Å². The van der Waals surface area contributed by atoms with E-state index in [2.05, 4.69) is 10.3 Å². The van der Waals surface area contributed by atoms with Crippen molar-refractivity contribution in [1.29, 1.82) is 0 Å². The molecule has 3 heterocycles. The van der Waals surface area contributed by atoms with Crippen molar-refractivity contribution in [3.8, 4) is 17.1 Å². The number of carbonyl (C=O) groups is 2. The van der Waals surface area contributed by atoms with Crippen molar-refractivity contribution >= 4 is 17.6 Å². The summed E-state index contributed by atoms with van der Waals surface area (Å²) in [6, 6.07) is 3.58. The number of oxazole rings is 1. The standard InChI is InChI=1S/C21H27N5O4/c1-5-25(6-2)20(28)26-8-7-21(12-26)23-16-10-17(29-4)15(18-11-22-13-30-18)9-14(16)19(27)24(21)3/h9-11,13,23H,5-8,12H2,1-4H3. The molecule has 30 heavy (non-hydrogen) atoms. The van der Waals surface area contributed by atoms with Crippen LogP contribution in [0, 0.1) is 0 Å². The number of hydrogen-bond acceptors (Lipinski definition) is 6. The number of nitrogens with one attached hydrogen (secondary N) is 1. The highest BCUT2D eigenvalue weighted by molar-refractivity contribution is 6.04. The number of nitrogens with zero attached hydrogens (tertiary/aromatic N) is 4. The van der Waals surface area contributed by atoms with E-state index in [4.69, 9.17) is 9.15 Å². The van der Waals surface area contributed by atoms with E-state index in [9.17, 15) is 9.59 Å². The summed E-state index contributed by atoms with van der Waals surface area (Å²) in [5.41, 5.74) is 1.24. The Bertz CT molecular complexity index is 957. The zero-order chi connectivity index (χ0) is 21.5. The van der Waals surface area contributed by atoms with Gasteiger partial charge in [-0.15, -0.1) is 0 Å². The SMILES string of the molecule is CCN(CC)C(=O)N1CCC2(C1)Nc1cc(OC)c(-c3cnco3)cc1C(=O)N2C. The van der Waals surface area contributed by atoms with Gasteiger partial charge < -0.3 is 29.2 Å². The molecule has 9 heteroatoms. The predicted octanol–water partition coefficient (Wildman–Crippen LogP) is 2.71. The summed E-state index contributed by atoms with van der Waals surface area (Å²) < 4.78 is 11.0. The number of rotatable bonds is 4. The number of aromatic nitrogens is 1. The van der Waals surface area contributed by atoms with E-state index in [1.54, 1.807) is 36.2 Å². The molecule has 1 spiro atoms. The van der Waals surface area contributed by atoms with Crippen LogP contribution in [-0.2, 0) is 0 Å². The van der Waals surface area contributed by atoms with Crippen molar-refractivity contribution < 1.29 is 18.7 Å². The van der Waals surface area contributed by atoms with Crippen LogP contribution in [0.5, 0.6) is 5.75 Å². The number of likely N-dealkylation sites (tertiary alicyclic amines) is 1. The van der Waals surface area contributed by atoms with Crippen LogP contribution in [0.15, 0.2) is 29.1 Å². The lowest BCUT2D eigenvalue weighted by Gasteiger charge is -2.44. The molecule has 0 bridgehead atoms. The van der Waals surface area contributed by atoms with Crippen LogP contribution in [0.1, 0.15) is 30.6 Å². The van der Waals surface area contributed by atoms with E-state index < -0.39 is 5.66 Å². The maximum absolute atomic E-state index is 13.3.